The molecule has 106 valence electrons. The number of aryl methyl sites for hydroxylation is 1. The first-order chi connectivity index (χ1) is 9.46. The van der Waals surface area contributed by atoms with Gasteiger partial charge in [0.05, 0.1) is 10.6 Å². The van der Waals surface area contributed by atoms with Crippen LogP contribution in [0.15, 0.2) is 53.4 Å². The lowest BCUT2D eigenvalue weighted by Gasteiger charge is -2.21. The fraction of sp³-hybridized carbons (Fsp3) is 0.200. The van der Waals surface area contributed by atoms with Gasteiger partial charge in [0.1, 0.15) is 0 Å². The summed E-state index contributed by atoms with van der Waals surface area (Å²) in [7, 11) is -2.02. The second-order valence-corrected chi connectivity index (χ2v) is 6.55. The topological polar surface area (TPSA) is 63.4 Å². The highest BCUT2D eigenvalue weighted by atomic mass is 32.2. The maximum absolute atomic E-state index is 12.7. The normalized spacial score (nSPS) is 11.3. The SMILES string of the molecule is Cc1ccc(CN)cc1S(=O)(=O)N(C)c1ccccc1. The summed E-state index contributed by atoms with van der Waals surface area (Å²) in [5.74, 6) is 0. The lowest BCUT2D eigenvalue weighted by Crippen LogP contribution is -2.27. The van der Waals surface area contributed by atoms with Gasteiger partial charge in [0.25, 0.3) is 10.0 Å². The summed E-state index contributed by atoms with van der Waals surface area (Å²) in [6.45, 7) is 2.10. The number of benzene rings is 2. The Morgan fingerprint density at radius 1 is 1.10 bits per heavy atom. The number of sulfonamides is 1. The van der Waals surface area contributed by atoms with Crippen LogP contribution in [0.5, 0.6) is 0 Å². The van der Waals surface area contributed by atoms with E-state index >= 15 is 0 Å². The van der Waals surface area contributed by atoms with Gasteiger partial charge in [-0.2, -0.15) is 0 Å². The molecular weight excluding hydrogens is 272 g/mol. The summed E-state index contributed by atoms with van der Waals surface area (Å²) < 4.78 is 26.7. The molecule has 0 fully saturated rings. The van der Waals surface area contributed by atoms with Crippen LogP contribution in [-0.2, 0) is 16.6 Å². The Labute approximate surface area is 119 Å². The van der Waals surface area contributed by atoms with Crippen LogP contribution >= 0.6 is 0 Å². The largest absolute Gasteiger partial charge is 0.326 e. The van der Waals surface area contributed by atoms with Crippen molar-refractivity contribution in [1.82, 2.24) is 0 Å². The average Bonchev–Trinajstić information content (AvgIpc) is 2.47. The second kappa shape index (κ2) is 5.64. The van der Waals surface area contributed by atoms with Crippen molar-refractivity contribution in [1.29, 1.82) is 0 Å². The summed E-state index contributed by atoms with van der Waals surface area (Å²) in [6.07, 6.45) is 0. The van der Waals surface area contributed by atoms with Crippen molar-refractivity contribution < 1.29 is 8.42 Å². The molecule has 2 aromatic rings. The molecule has 5 heteroatoms. The zero-order chi connectivity index (χ0) is 14.8. The number of nitrogens with zero attached hydrogens (tertiary/aromatic N) is 1. The molecule has 0 unspecified atom stereocenters. The van der Waals surface area contributed by atoms with Crippen LogP contribution in [0.2, 0.25) is 0 Å². The summed E-state index contributed by atoms with van der Waals surface area (Å²) in [6, 6.07) is 14.3. The minimum Gasteiger partial charge on any atom is -0.326 e. The van der Waals surface area contributed by atoms with Crippen LogP contribution in [0.25, 0.3) is 0 Å². The van der Waals surface area contributed by atoms with Crippen molar-refractivity contribution in [3.63, 3.8) is 0 Å². The van der Waals surface area contributed by atoms with Gasteiger partial charge in [-0.15, -0.1) is 0 Å². The van der Waals surface area contributed by atoms with Crippen LogP contribution in [0.4, 0.5) is 5.69 Å². The molecule has 0 heterocycles. The summed E-state index contributed by atoms with van der Waals surface area (Å²) in [4.78, 5) is 0.298. The zero-order valence-electron chi connectivity index (χ0n) is 11.6. The zero-order valence-corrected chi connectivity index (χ0v) is 12.4. The first-order valence-corrected chi connectivity index (χ1v) is 7.74. The molecule has 4 nitrogen and oxygen atoms in total. The van der Waals surface area contributed by atoms with Crippen molar-refractivity contribution in [2.45, 2.75) is 18.4 Å². The van der Waals surface area contributed by atoms with E-state index in [9.17, 15) is 8.42 Å². The Kier molecular flexibility index (Phi) is 4.11. The molecule has 0 aliphatic heterocycles. The smallest absolute Gasteiger partial charge is 0.264 e. The van der Waals surface area contributed by atoms with Gasteiger partial charge in [0.15, 0.2) is 0 Å². The van der Waals surface area contributed by atoms with E-state index in [1.165, 1.54) is 4.31 Å². The fourth-order valence-electron chi connectivity index (χ4n) is 1.97. The fourth-order valence-corrected chi connectivity index (χ4v) is 3.44. The van der Waals surface area contributed by atoms with Crippen molar-refractivity contribution in [3.8, 4) is 0 Å². The van der Waals surface area contributed by atoms with E-state index in [2.05, 4.69) is 0 Å². The minimum absolute atomic E-state index is 0.298. The summed E-state index contributed by atoms with van der Waals surface area (Å²) in [5.41, 5.74) is 7.73. The van der Waals surface area contributed by atoms with Gasteiger partial charge in [-0.25, -0.2) is 8.42 Å². The Hall–Kier alpha value is -1.85. The summed E-state index contributed by atoms with van der Waals surface area (Å²) >= 11 is 0. The third-order valence-electron chi connectivity index (χ3n) is 3.25. The van der Waals surface area contributed by atoms with E-state index < -0.39 is 10.0 Å². The van der Waals surface area contributed by atoms with E-state index in [1.54, 1.807) is 38.2 Å². The number of hydrogen-bond donors (Lipinski definition) is 1. The molecule has 0 aliphatic carbocycles. The maximum Gasteiger partial charge on any atom is 0.264 e. The second-order valence-electron chi connectivity index (χ2n) is 4.61. The molecule has 0 spiro atoms. The van der Waals surface area contributed by atoms with Gasteiger partial charge in [0.2, 0.25) is 0 Å². The van der Waals surface area contributed by atoms with Gasteiger partial charge >= 0.3 is 0 Å². The third kappa shape index (κ3) is 2.69. The standard InChI is InChI=1S/C15H18N2O2S/c1-12-8-9-13(11-16)10-15(12)20(18,19)17(2)14-6-4-3-5-7-14/h3-10H,11,16H2,1-2H3. The molecule has 2 rings (SSSR count). The number of para-hydroxylation sites is 1. The number of hydrogen-bond acceptors (Lipinski definition) is 3. The average molecular weight is 290 g/mol. The van der Waals surface area contributed by atoms with Crippen LogP contribution in [-0.4, -0.2) is 15.5 Å². The van der Waals surface area contributed by atoms with Gasteiger partial charge in [0, 0.05) is 13.6 Å². The molecule has 0 aromatic heterocycles. The molecule has 20 heavy (non-hydrogen) atoms. The van der Waals surface area contributed by atoms with E-state index in [0.29, 0.717) is 22.7 Å². The predicted octanol–water partition coefficient (Wildman–Crippen LogP) is 2.28. The molecule has 0 aliphatic rings. The van der Waals surface area contributed by atoms with Gasteiger partial charge in [-0.3, -0.25) is 4.31 Å². The van der Waals surface area contributed by atoms with E-state index in [1.807, 2.05) is 24.3 Å². The van der Waals surface area contributed by atoms with Gasteiger partial charge < -0.3 is 5.73 Å². The summed E-state index contributed by atoms with van der Waals surface area (Å²) in [5, 5.41) is 0. The molecular formula is C15H18N2O2S. The molecule has 0 bridgehead atoms. The van der Waals surface area contributed by atoms with Crippen molar-refractivity contribution >= 4 is 15.7 Å². The van der Waals surface area contributed by atoms with Crippen molar-refractivity contribution in [3.05, 3.63) is 59.7 Å². The lowest BCUT2D eigenvalue weighted by molar-refractivity contribution is 0.593. The first kappa shape index (κ1) is 14.6. The van der Waals surface area contributed by atoms with Crippen LogP contribution in [0.1, 0.15) is 11.1 Å². The molecule has 0 saturated heterocycles. The Morgan fingerprint density at radius 2 is 1.75 bits per heavy atom. The highest BCUT2D eigenvalue weighted by molar-refractivity contribution is 7.92. The van der Waals surface area contributed by atoms with Crippen LogP contribution in [0.3, 0.4) is 0 Å². The van der Waals surface area contributed by atoms with Crippen LogP contribution in [0, 0.1) is 6.92 Å². The monoisotopic (exact) mass is 290 g/mol. The van der Waals surface area contributed by atoms with E-state index in [-0.39, 0.29) is 0 Å². The third-order valence-corrected chi connectivity index (χ3v) is 5.17. The predicted molar refractivity (Wildman–Crippen MR) is 81.1 cm³/mol. The molecule has 2 N–H and O–H groups in total. The molecule has 0 radical (unpaired) electrons. The van der Waals surface area contributed by atoms with E-state index in [0.717, 1.165) is 5.56 Å². The Balaban J connectivity index is 2.50. The van der Waals surface area contributed by atoms with E-state index in [4.69, 9.17) is 5.73 Å². The van der Waals surface area contributed by atoms with Crippen LogP contribution < -0.4 is 10.0 Å². The maximum atomic E-state index is 12.7. The lowest BCUT2D eigenvalue weighted by atomic mass is 10.1. The van der Waals surface area contributed by atoms with Gasteiger partial charge in [-0.1, -0.05) is 30.3 Å². The number of rotatable bonds is 4. The van der Waals surface area contributed by atoms with Crippen molar-refractivity contribution in [2.75, 3.05) is 11.4 Å². The Morgan fingerprint density at radius 3 is 2.35 bits per heavy atom. The molecule has 0 amide bonds. The minimum atomic E-state index is -3.58. The Bertz CT molecular complexity index is 697. The number of nitrogens with two attached hydrogens (primary N) is 1. The molecule has 2 aromatic carbocycles. The molecule has 0 atom stereocenters. The van der Waals surface area contributed by atoms with Crippen molar-refractivity contribution in [2.24, 2.45) is 5.73 Å². The first-order valence-electron chi connectivity index (χ1n) is 6.30. The highest BCUT2D eigenvalue weighted by Gasteiger charge is 2.23. The van der Waals surface area contributed by atoms with Gasteiger partial charge in [-0.05, 0) is 36.2 Å². The molecule has 0 saturated carbocycles. The number of anilines is 1. The quantitative estimate of drug-likeness (QED) is 0.939. The highest BCUT2D eigenvalue weighted by Crippen LogP contribution is 2.24.